The van der Waals surface area contributed by atoms with E-state index in [9.17, 15) is 0 Å². The molecule has 0 aliphatic carbocycles. The molecule has 0 aliphatic rings. The zero-order valence-corrected chi connectivity index (χ0v) is 13.7. The molecule has 3 rings (SSSR count). The monoisotopic (exact) mass is 335 g/mol. The molecule has 108 valence electrons. The van der Waals surface area contributed by atoms with E-state index < -0.39 is 0 Å². The van der Waals surface area contributed by atoms with Crippen LogP contribution in [0.5, 0.6) is 0 Å². The van der Waals surface area contributed by atoms with Gasteiger partial charge in [-0.05, 0) is 48.2 Å². The molecule has 1 N–H and O–H groups in total. The summed E-state index contributed by atoms with van der Waals surface area (Å²) in [6, 6.07) is 16.6. The van der Waals surface area contributed by atoms with Crippen molar-refractivity contribution in [1.29, 1.82) is 0 Å². The van der Waals surface area contributed by atoms with E-state index in [0.717, 1.165) is 19.5 Å². The van der Waals surface area contributed by atoms with Crippen LogP contribution < -0.4 is 5.32 Å². The van der Waals surface area contributed by atoms with E-state index in [1.807, 2.05) is 29.5 Å². The third kappa shape index (κ3) is 3.78. The number of fused-ring (bicyclic) bond motifs is 1. The van der Waals surface area contributed by atoms with Crippen LogP contribution in [0.1, 0.15) is 10.4 Å². The van der Waals surface area contributed by atoms with Gasteiger partial charge in [0.2, 0.25) is 0 Å². The fraction of sp³-hybridized carbons (Fsp3) is 0.176. The number of rotatable bonds is 5. The third-order valence-electron chi connectivity index (χ3n) is 3.35. The van der Waals surface area contributed by atoms with Gasteiger partial charge in [-0.15, -0.1) is 11.3 Å². The Balaban J connectivity index is 1.52. The Morgan fingerprint density at radius 3 is 2.62 bits per heavy atom. The summed E-state index contributed by atoms with van der Waals surface area (Å²) < 4.78 is 1.35. The van der Waals surface area contributed by atoms with Crippen molar-refractivity contribution in [2.45, 2.75) is 13.0 Å². The van der Waals surface area contributed by atoms with Crippen molar-refractivity contribution in [3.05, 3.63) is 69.0 Å². The molecular formula is C17H15Cl2NS. The van der Waals surface area contributed by atoms with E-state index >= 15 is 0 Å². The number of hydrogen-bond donors (Lipinski definition) is 1. The second kappa shape index (κ2) is 6.80. The van der Waals surface area contributed by atoms with Gasteiger partial charge in [0.05, 0.1) is 10.0 Å². The number of thiophene rings is 1. The molecule has 0 saturated carbocycles. The molecule has 1 aromatic heterocycles. The zero-order valence-electron chi connectivity index (χ0n) is 11.4. The minimum Gasteiger partial charge on any atom is -0.312 e. The summed E-state index contributed by atoms with van der Waals surface area (Å²) in [5.41, 5.74) is 1.20. The minimum atomic E-state index is 0.610. The van der Waals surface area contributed by atoms with E-state index in [-0.39, 0.29) is 0 Å². The summed E-state index contributed by atoms with van der Waals surface area (Å²) in [6.45, 7) is 1.83. The molecule has 1 nitrogen and oxygen atoms in total. The van der Waals surface area contributed by atoms with Crippen LogP contribution in [0.25, 0.3) is 10.1 Å². The van der Waals surface area contributed by atoms with E-state index in [1.54, 1.807) is 0 Å². The summed E-state index contributed by atoms with van der Waals surface area (Å²) in [6.07, 6.45) is 0.946. The molecule has 4 heteroatoms. The first kappa shape index (κ1) is 14.9. The van der Waals surface area contributed by atoms with Gasteiger partial charge in [0.1, 0.15) is 0 Å². The van der Waals surface area contributed by atoms with Crippen LogP contribution in [0.2, 0.25) is 10.0 Å². The molecule has 0 aliphatic heterocycles. The Hall–Kier alpha value is -1.06. The van der Waals surface area contributed by atoms with Crippen LogP contribution in [0.4, 0.5) is 0 Å². The van der Waals surface area contributed by atoms with Gasteiger partial charge in [-0.3, -0.25) is 0 Å². The third-order valence-corrected chi connectivity index (χ3v) is 5.21. The first-order chi connectivity index (χ1) is 10.2. The van der Waals surface area contributed by atoms with E-state index in [0.29, 0.717) is 10.0 Å². The van der Waals surface area contributed by atoms with Gasteiger partial charge >= 0.3 is 0 Å². The lowest BCUT2D eigenvalue weighted by Gasteiger charge is -2.05. The molecule has 0 fully saturated rings. The molecule has 0 amide bonds. The maximum absolute atomic E-state index is 6.02. The zero-order chi connectivity index (χ0) is 14.7. The maximum Gasteiger partial charge on any atom is 0.0595 e. The number of hydrogen-bond acceptors (Lipinski definition) is 2. The second-order valence-corrected chi connectivity index (χ2v) is 6.91. The predicted molar refractivity (Wildman–Crippen MR) is 93.7 cm³/mol. The van der Waals surface area contributed by atoms with Crippen molar-refractivity contribution in [3.63, 3.8) is 0 Å². The van der Waals surface area contributed by atoms with Crippen LogP contribution in [0.3, 0.4) is 0 Å². The van der Waals surface area contributed by atoms with Crippen molar-refractivity contribution in [2.75, 3.05) is 6.54 Å². The molecule has 2 aromatic carbocycles. The second-order valence-electron chi connectivity index (χ2n) is 4.93. The highest BCUT2D eigenvalue weighted by molar-refractivity contribution is 7.19. The fourth-order valence-corrected chi connectivity index (χ4v) is 3.62. The SMILES string of the molecule is Clc1ccc(CCNCc2cc3ccccc3s2)cc1Cl. The molecule has 21 heavy (non-hydrogen) atoms. The normalized spacial score (nSPS) is 11.1. The average Bonchev–Trinajstić information content (AvgIpc) is 2.90. The number of halogens is 2. The van der Waals surface area contributed by atoms with E-state index in [4.69, 9.17) is 23.2 Å². The first-order valence-corrected chi connectivity index (χ1v) is 8.42. The fourth-order valence-electron chi connectivity index (χ4n) is 2.26. The lowest BCUT2D eigenvalue weighted by Crippen LogP contribution is -2.15. The molecular weight excluding hydrogens is 321 g/mol. The summed E-state index contributed by atoms with van der Waals surface area (Å²) in [5.74, 6) is 0. The van der Waals surface area contributed by atoms with Crippen LogP contribution in [-0.4, -0.2) is 6.54 Å². The van der Waals surface area contributed by atoms with Crippen LogP contribution in [0.15, 0.2) is 48.5 Å². The first-order valence-electron chi connectivity index (χ1n) is 6.84. The number of benzene rings is 2. The molecule has 0 spiro atoms. The maximum atomic E-state index is 6.02. The van der Waals surface area contributed by atoms with Crippen molar-refractivity contribution in [1.82, 2.24) is 5.32 Å². The molecule has 0 bridgehead atoms. The predicted octanol–water partition coefficient (Wildman–Crippen LogP) is 5.54. The van der Waals surface area contributed by atoms with Crippen LogP contribution >= 0.6 is 34.5 Å². The highest BCUT2D eigenvalue weighted by atomic mass is 35.5. The molecule has 3 aromatic rings. The van der Waals surface area contributed by atoms with Gasteiger partial charge in [-0.25, -0.2) is 0 Å². The topological polar surface area (TPSA) is 12.0 Å². The van der Waals surface area contributed by atoms with Gasteiger partial charge < -0.3 is 5.32 Å². The summed E-state index contributed by atoms with van der Waals surface area (Å²) in [4.78, 5) is 1.37. The van der Waals surface area contributed by atoms with Gasteiger partial charge in [-0.2, -0.15) is 0 Å². The van der Waals surface area contributed by atoms with Crippen molar-refractivity contribution < 1.29 is 0 Å². The Morgan fingerprint density at radius 2 is 1.81 bits per heavy atom. The van der Waals surface area contributed by atoms with Crippen LogP contribution in [0, 0.1) is 0 Å². The Kier molecular flexibility index (Phi) is 4.81. The number of nitrogens with one attached hydrogen (secondary N) is 1. The molecule has 0 unspecified atom stereocenters. The Morgan fingerprint density at radius 1 is 0.952 bits per heavy atom. The molecule has 0 radical (unpaired) electrons. The van der Waals surface area contributed by atoms with Crippen molar-refractivity contribution in [3.8, 4) is 0 Å². The van der Waals surface area contributed by atoms with E-state index in [1.165, 1.54) is 20.5 Å². The lowest BCUT2D eigenvalue weighted by molar-refractivity contribution is 0.694. The highest BCUT2D eigenvalue weighted by Crippen LogP contribution is 2.25. The lowest BCUT2D eigenvalue weighted by atomic mass is 10.1. The summed E-state index contributed by atoms with van der Waals surface area (Å²) >= 11 is 13.8. The summed E-state index contributed by atoms with van der Waals surface area (Å²) in [7, 11) is 0. The highest BCUT2D eigenvalue weighted by Gasteiger charge is 2.02. The van der Waals surface area contributed by atoms with Gasteiger partial charge in [0, 0.05) is 16.1 Å². The minimum absolute atomic E-state index is 0.610. The molecule has 0 atom stereocenters. The van der Waals surface area contributed by atoms with Crippen molar-refractivity contribution >= 4 is 44.6 Å². The molecule has 0 saturated heterocycles. The van der Waals surface area contributed by atoms with Gasteiger partial charge in [0.15, 0.2) is 0 Å². The quantitative estimate of drug-likeness (QED) is 0.603. The smallest absolute Gasteiger partial charge is 0.0595 e. The largest absolute Gasteiger partial charge is 0.312 e. The van der Waals surface area contributed by atoms with Crippen molar-refractivity contribution in [2.24, 2.45) is 0 Å². The summed E-state index contributed by atoms with van der Waals surface area (Å²) in [5, 5.41) is 6.04. The average molecular weight is 336 g/mol. The molecule has 1 heterocycles. The Labute approximate surface area is 138 Å². The standard InChI is InChI=1S/C17H15Cl2NS/c18-15-6-5-12(9-16(15)19)7-8-20-11-14-10-13-3-1-2-4-17(13)21-14/h1-6,9-10,20H,7-8,11H2. The van der Waals surface area contributed by atoms with Gasteiger partial charge in [0.25, 0.3) is 0 Å². The van der Waals surface area contributed by atoms with E-state index in [2.05, 4.69) is 35.6 Å². The van der Waals surface area contributed by atoms with Crippen LogP contribution in [-0.2, 0) is 13.0 Å². The Bertz CT molecular complexity index is 718. The van der Waals surface area contributed by atoms with Gasteiger partial charge in [-0.1, -0.05) is 47.5 Å².